The average molecular weight is 241 g/mol. The summed E-state index contributed by atoms with van der Waals surface area (Å²) in [5, 5.41) is 14.4. The summed E-state index contributed by atoms with van der Waals surface area (Å²) in [6, 6.07) is 0. The standard InChI is InChI=1S/C11H19N3O3/c1-11(2,7-15)13(3)10(17)8-5-6-9(16)14(4)12-8/h15H,5-7H2,1-4H3. The number of hydrogen-bond acceptors (Lipinski definition) is 4. The van der Waals surface area contributed by atoms with Crippen LogP contribution < -0.4 is 0 Å². The summed E-state index contributed by atoms with van der Waals surface area (Å²) in [4.78, 5) is 24.8. The molecule has 0 aromatic heterocycles. The van der Waals surface area contributed by atoms with Gasteiger partial charge in [-0.1, -0.05) is 0 Å². The maximum absolute atomic E-state index is 12.1. The second kappa shape index (κ2) is 4.83. The molecule has 17 heavy (non-hydrogen) atoms. The van der Waals surface area contributed by atoms with Crippen LogP contribution in [-0.2, 0) is 9.59 Å². The van der Waals surface area contributed by atoms with E-state index in [-0.39, 0.29) is 18.4 Å². The van der Waals surface area contributed by atoms with Crippen molar-refractivity contribution in [3.05, 3.63) is 0 Å². The largest absolute Gasteiger partial charge is 0.394 e. The lowest BCUT2D eigenvalue weighted by molar-refractivity contribution is -0.131. The Morgan fingerprint density at radius 1 is 1.53 bits per heavy atom. The van der Waals surface area contributed by atoms with E-state index < -0.39 is 5.54 Å². The summed E-state index contributed by atoms with van der Waals surface area (Å²) in [5.74, 6) is -0.339. The maximum Gasteiger partial charge on any atom is 0.270 e. The van der Waals surface area contributed by atoms with E-state index in [0.29, 0.717) is 18.6 Å². The van der Waals surface area contributed by atoms with E-state index >= 15 is 0 Å². The van der Waals surface area contributed by atoms with Crippen LogP contribution >= 0.6 is 0 Å². The molecule has 0 atom stereocenters. The van der Waals surface area contributed by atoms with Gasteiger partial charge >= 0.3 is 0 Å². The van der Waals surface area contributed by atoms with Gasteiger partial charge in [-0.2, -0.15) is 5.10 Å². The topological polar surface area (TPSA) is 73.2 Å². The molecule has 0 unspecified atom stereocenters. The Morgan fingerprint density at radius 3 is 2.59 bits per heavy atom. The minimum absolute atomic E-state index is 0.0920. The second-order valence-electron chi connectivity index (χ2n) is 4.80. The number of hydrogen-bond donors (Lipinski definition) is 1. The van der Waals surface area contributed by atoms with E-state index in [9.17, 15) is 14.7 Å². The van der Waals surface area contributed by atoms with Gasteiger partial charge in [0.2, 0.25) is 5.91 Å². The zero-order chi connectivity index (χ0) is 13.2. The Bertz CT molecular complexity index is 363. The Hall–Kier alpha value is -1.43. The van der Waals surface area contributed by atoms with Gasteiger partial charge in [0.05, 0.1) is 12.1 Å². The van der Waals surface area contributed by atoms with Gasteiger partial charge in [0.15, 0.2) is 0 Å². The van der Waals surface area contributed by atoms with Crippen LogP contribution in [0.3, 0.4) is 0 Å². The fraction of sp³-hybridized carbons (Fsp3) is 0.727. The number of aliphatic hydroxyl groups is 1. The van der Waals surface area contributed by atoms with Crippen molar-refractivity contribution in [1.29, 1.82) is 0 Å². The number of nitrogens with zero attached hydrogens (tertiary/aromatic N) is 3. The van der Waals surface area contributed by atoms with Crippen LogP contribution in [0.4, 0.5) is 0 Å². The van der Waals surface area contributed by atoms with Crippen LogP contribution in [0.1, 0.15) is 26.7 Å². The third-order valence-corrected chi connectivity index (χ3v) is 3.05. The van der Waals surface area contributed by atoms with E-state index in [2.05, 4.69) is 5.10 Å². The van der Waals surface area contributed by atoms with Crippen molar-refractivity contribution < 1.29 is 14.7 Å². The number of carbonyl (C=O) groups excluding carboxylic acids is 2. The molecule has 96 valence electrons. The monoisotopic (exact) mass is 241 g/mol. The highest BCUT2D eigenvalue weighted by Gasteiger charge is 2.31. The van der Waals surface area contributed by atoms with Crippen molar-refractivity contribution >= 4 is 17.5 Å². The number of hydrazone groups is 1. The first kappa shape index (κ1) is 13.6. The van der Waals surface area contributed by atoms with E-state index in [1.54, 1.807) is 20.9 Å². The summed E-state index contributed by atoms with van der Waals surface area (Å²) < 4.78 is 0. The molecule has 6 heteroatoms. The summed E-state index contributed by atoms with van der Waals surface area (Å²) >= 11 is 0. The van der Waals surface area contributed by atoms with E-state index in [1.165, 1.54) is 17.0 Å². The molecule has 1 N–H and O–H groups in total. The first-order valence-electron chi connectivity index (χ1n) is 5.52. The van der Waals surface area contributed by atoms with Crippen LogP contribution in [0.2, 0.25) is 0 Å². The third-order valence-electron chi connectivity index (χ3n) is 3.05. The second-order valence-corrected chi connectivity index (χ2v) is 4.80. The predicted molar refractivity (Wildman–Crippen MR) is 63.4 cm³/mol. The fourth-order valence-corrected chi connectivity index (χ4v) is 1.40. The Morgan fingerprint density at radius 2 is 2.12 bits per heavy atom. The summed E-state index contributed by atoms with van der Waals surface area (Å²) in [6.07, 6.45) is 0.655. The number of aliphatic hydroxyl groups excluding tert-OH is 1. The van der Waals surface area contributed by atoms with Crippen molar-refractivity contribution in [2.24, 2.45) is 5.10 Å². The molecule has 0 aliphatic carbocycles. The number of rotatable bonds is 3. The maximum atomic E-state index is 12.1. The highest BCUT2D eigenvalue weighted by Crippen LogP contribution is 2.15. The quantitative estimate of drug-likeness (QED) is 0.745. The average Bonchev–Trinajstić information content (AvgIpc) is 2.30. The van der Waals surface area contributed by atoms with Crippen LogP contribution in [0.5, 0.6) is 0 Å². The molecule has 1 aliphatic heterocycles. The SMILES string of the molecule is CN1N=C(C(=O)N(C)C(C)(C)CO)CCC1=O. The van der Waals surface area contributed by atoms with E-state index in [0.717, 1.165) is 0 Å². The van der Waals surface area contributed by atoms with Crippen molar-refractivity contribution in [2.45, 2.75) is 32.2 Å². The number of amides is 2. The van der Waals surface area contributed by atoms with Crippen LogP contribution in [0.25, 0.3) is 0 Å². The fourth-order valence-electron chi connectivity index (χ4n) is 1.40. The first-order valence-corrected chi connectivity index (χ1v) is 5.52. The lowest BCUT2D eigenvalue weighted by Crippen LogP contribution is -2.51. The predicted octanol–water partition coefficient (Wildman–Crippen LogP) is -0.176. The third kappa shape index (κ3) is 2.82. The minimum atomic E-state index is -0.639. The van der Waals surface area contributed by atoms with E-state index in [1.807, 2.05) is 0 Å². The summed E-state index contributed by atoms with van der Waals surface area (Å²) in [7, 11) is 3.16. The van der Waals surface area contributed by atoms with Crippen molar-refractivity contribution in [2.75, 3.05) is 20.7 Å². The minimum Gasteiger partial charge on any atom is -0.394 e. The first-order chi connectivity index (χ1) is 7.79. The van der Waals surface area contributed by atoms with Crippen LogP contribution in [-0.4, -0.2) is 58.8 Å². The highest BCUT2D eigenvalue weighted by molar-refractivity contribution is 6.39. The van der Waals surface area contributed by atoms with Crippen LogP contribution in [0.15, 0.2) is 5.10 Å². The molecule has 6 nitrogen and oxygen atoms in total. The molecule has 0 fully saturated rings. The van der Waals surface area contributed by atoms with E-state index in [4.69, 9.17) is 0 Å². The van der Waals surface area contributed by atoms with Gasteiger partial charge < -0.3 is 10.0 Å². The lowest BCUT2D eigenvalue weighted by Gasteiger charge is -2.34. The van der Waals surface area contributed by atoms with Gasteiger partial charge in [0, 0.05) is 26.9 Å². The van der Waals surface area contributed by atoms with Crippen molar-refractivity contribution in [3.8, 4) is 0 Å². The smallest absolute Gasteiger partial charge is 0.270 e. The van der Waals surface area contributed by atoms with Crippen molar-refractivity contribution in [1.82, 2.24) is 9.91 Å². The summed E-state index contributed by atoms with van der Waals surface area (Å²) in [5.41, 5.74) is -0.282. The molecule has 0 spiro atoms. The Labute approximate surface area is 101 Å². The molecule has 0 radical (unpaired) electrons. The number of likely N-dealkylation sites (N-methyl/N-ethyl adjacent to an activating group) is 1. The molecule has 0 aromatic rings. The lowest BCUT2D eigenvalue weighted by atomic mass is 10.0. The van der Waals surface area contributed by atoms with Gasteiger partial charge in [0.25, 0.3) is 5.91 Å². The normalized spacial score (nSPS) is 16.9. The van der Waals surface area contributed by atoms with Gasteiger partial charge in [-0.3, -0.25) is 9.59 Å². The zero-order valence-electron chi connectivity index (χ0n) is 10.7. The molecule has 0 saturated heterocycles. The molecule has 0 aromatic carbocycles. The van der Waals surface area contributed by atoms with Crippen LogP contribution in [0, 0.1) is 0 Å². The number of carbonyl (C=O) groups is 2. The van der Waals surface area contributed by atoms with Gasteiger partial charge in [0.1, 0.15) is 5.71 Å². The molecular weight excluding hydrogens is 222 g/mol. The van der Waals surface area contributed by atoms with Gasteiger partial charge in [-0.05, 0) is 13.8 Å². The van der Waals surface area contributed by atoms with Crippen molar-refractivity contribution in [3.63, 3.8) is 0 Å². The Kier molecular flexibility index (Phi) is 3.87. The zero-order valence-corrected chi connectivity index (χ0v) is 10.7. The molecule has 1 rings (SSSR count). The molecule has 0 saturated carbocycles. The summed E-state index contributed by atoms with van der Waals surface area (Å²) in [6.45, 7) is 3.41. The van der Waals surface area contributed by atoms with Gasteiger partial charge in [-0.15, -0.1) is 0 Å². The van der Waals surface area contributed by atoms with Gasteiger partial charge in [-0.25, -0.2) is 5.01 Å². The Balaban J connectivity index is 2.85. The highest BCUT2D eigenvalue weighted by atomic mass is 16.3. The molecular formula is C11H19N3O3. The molecule has 0 bridgehead atoms. The molecule has 1 aliphatic rings. The molecule has 1 heterocycles. The molecule has 2 amide bonds.